The van der Waals surface area contributed by atoms with Crippen molar-refractivity contribution < 1.29 is 14.3 Å². The fourth-order valence-corrected chi connectivity index (χ4v) is 2.82. The lowest BCUT2D eigenvalue weighted by atomic mass is 10.1. The molecule has 0 atom stereocenters. The lowest BCUT2D eigenvalue weighted by molar-refractivity contribution is 0.0784. The van der Waals surface area contributed by atoms with E-state index in [9.17, 15) is 4.79 Å². The predicted molar refractivity (Wildman–Crippen MR) is 101 cm³/mol. The first-order chi connectivity index (χ1) is 12.0. The Labute approximate surface area is 158 Å². The molecule has 0 aliphatic carbocycles. The number of carbonyl (C=O) groups is 1. The van der Waals surface area contributed by atoms with Crippen molar-refractivity contribution in [3.05, 3.63) is 57.6 Å². The molecule has 2 aromatic carbocycles. The molecule has 2 aromatic rings. The summed E-state index contributed by atoms with van der Waals surface area (Å²) in [7, 11) is 3.24. The Morgan fingerprint density at radius 2 is 1.88 bits per heavy atom. The third kappa shape index (κ3) is 4.80. The van der Waals surface area contributed by atoms with Gasteiger partial charge in [0, 0.05) is 24.2 Å². The zero-order chi connectivity index (χ0) is 18.4. The van der Waals surface area contributed by atoms with E-state index in [-0.39, 0.29) is 5.91 Å². The molecule has 4 nitrogen and oxygen atoms in total. The van der Waals surface area contributed by atoms with Crippen molar-refractivity contribution in [1.29, 1.82) is 0 Å². The smallest absolute Gasteiger partial charge is 0.254 e. The summed E-state index contributed by atoms with van der Waals surface area (Å²) < 4.78 is 10.9. The molecule has 0 aliphatic heterocycles. The summed E-state index contributed by atoms with van der Waals surface area (Å²) in [4.78, 5) is 14.3. The minimum absolute atomic E-state index is 0.179. The molecule has 134 valence electrons. The van der Waals surface area contributed by atoms with Crippen LogP contribution in [0, 0.1) is 0 Å². The van der Waals surface area contributed by atoms with Gasteiger partial charge in [-0.3, -0.25) is 4.79 Å². The molecule has 2 rings (SSSR count). The number of benzene rings is 2. The quantitative estimate of drug-likeness (QED) is 0.672. The van der Waals surface area contributed by atoms with Crippen LogP contribution >= 0.6 is 23.2 Å². The van der Waals surface area contributed by atoms with Crippen LogP contribution in [0.3, 0.4) is 0 Å². The standard InChI is InChI=1S/C19H21Cl2NO3/c1-4-9-25-18-16(21)10-14(11-17(18)24-3)19(23)22(2)12-13-7-5-6-8-15(13)20/h5-8,10-11H,4,9,12H2,1-3H3. The Morgan fingerprint density at radius 3 is 2.52 bits per heavy atom. The zero-order valence-corrected chi connectivity index (χ0v) is 16.0. The van der Waals surface area contributed by atoms with Gasteiger partial charge in [0.1, 0.15) is 0 Å². The highest BCUT2D eigenvalue weighted by Crippen LogP contribution is 2.37. The second-order valence-electron chi connectivity index (χ2n) is 5.59. The third-order valence-corrected chi connectivity index (χ3v) is 4.29. The molecule has 0 N–H and O–H groups in total. The minimum Gasteiger partial charge on any atom is -0.493 e. The van der Waals surface area contributed by atoms with Crippen LogP contribution in [-0.4, -0.2) is 31.6 Å². The van der Waals surface area contributed by atoms with E-state index in [1.807, 2.05) is 25.1 Å². The molecule has 25 heavy (non-hydrogen) atoms. The Balaban J connectivity index is 2.23. The first-order valence-corrected chi connectivity index (χ1v) is 8.72. The first kappa shape index (κ1) is 19.4. The summed E-state index contributed by atoms with van der Waals surface area (Å²) in [5, 5.41) is 0.975. The van der Waals surface area contributed by atoms with Crippen molar-refractivity contribution in [1.82, 2.24) is 4.90 Å². The number of rotatable bonds is 7. The topological polar surface area (TPSA) is 38.8 Å². The first-order valence-electron chi connectivity index (χ1n) is 7.97. The highest BCUT2D eigenvalue weighted by atomic mass is 35.5. The second kappa shape index (κ2) is 8.97. The molecular weight excluding hydrogens is 361 g/mol. The molecule has 1 amide bonds. The number of methoxy groups -OCH3 is 1. The van der Waals surface area contributed by atoms with Crippen molar-refractivity contribution in [2.75, 3.05) is 20.8 Å². The van der Waals surface area contributed by atoms with Gasteiger partial charge < -0.3 is 14.4 Å². The van der Waals surface area contributed by atoms with E-state index in [0.717, 1.165) is 12.0 Å². The van der Waals surface area contributed by atoms with E-state index in [1.54, 1.807) is 30.1 Å². The summed E-state index contributed by atoms with van der Waals surface area (Å²) in [6.45, 7) is 2.92. The molecule has 0 fully saturated rings. The summed E-state index contributed by atoms with van der Waals surface area (Å²) in [6, 6.07) is 10.7. The second-order valence-corrected chi connectivity index (χ2v) is 6.40. The van der Waals surface area contributed by atoms with Gasteiger partial charge >= 0.3 is 0 Å². The van der Waals surface area contributed by atoms with Crippen molar-refractivity contribution in [2.45, 2.75) is 19.9 Å². The molecular formula is C19H21Cl2NO3. The summed E-state index contributed by atoms with van der Waals surface area (Å²) in [5.74, 6) is 0.717. The van der Waals surface area contributed by atoms with Crippen LogP contribution < -0.4 is 9.47 Å². The van der Waals surface area contributed by atoms with Gasteiger partial charge in [0.15, 0.2) is 11.5 Å². The summed E-state index contributed by atoms with van der Waals surface area (Å²) in [5.41, 5.74) is 1.31. The van der Waals surface area contributed by atoms with Gasteiger partial charge in [0.05, 0.1) is 18.7 Å². The van der Waals surface area contributed by atoms with Gasteiger partial charge in [0.2, 0.25) is 0 Å². The number of hydrogen-bond donors (Lipinski definition) is 0. The molecule has 0 aliphatic rings. The Kier molecular flexibility index (Phi) is 6.97. The van der Waals surface area contributed by atoms with E-state index >= 15 is 0 Å². The van der Waals surface area contributed by atoms with Crippen molar-refractivity contribution in [3.63, 3.8) is 0 Å². The van der Waals surface area contributed by atoms with Crippen LogP contribution in [0.2, 0.25) is 10.0 Å². The lowest BCUT2D eigenvalue weighted by Gasteiger charge is -2.19. The normalized spacial score (nSPS) is 10.4. The van der Waals surface area contributed by atoms with Crippen LogP contribution in [0.4, 0.5) is 0 Å². The van der Waals surface area contributed by atoms with Crippen LogP contribution in [0.25, 0.3) is 0 Å². The molecule has 0 spiro atoms. The van der Waals surface area contributed by atoms with Gasteiger partial charge in [-0.25, -0.2) is 0 Å². The monoisotopic (exact) mass is 381 g/mol. The van der Waals surface area contributed by atoms with Crippen LogP contribution in [0.5, 0.6) is 11.5 Å². The van der Waals surface area contributed by atoms with Crippen LogP contribution in [0.1, 0.15) is 29.3 Å². The molecule has 6 heteroatoms. The van der Waals surface area contributed by atoms with E-state index < -0.39 is 0 Å². The van der Waals surface area contributed by atoms with Gasteiger partial charge in [-0.1, -0.05) is 48.3 Å². The largest absolute Gasteiger partial charge is 0.493 e. The fraction of sp³-hybridized carbons (Fsp3) is 0.316. The van der Waals surface area contributed by atoms with Crippen molar-refractivity contribution in [2.24, 2.45) is 0 Å². The van der Waals surface area contributed by atoms with E-state index in [0.29, 0.717) is 40.3 Å². The maximum Gasteiger partial charge on any atom is 0.254 e. The highest BCUT2D eigenvalue weighted by molar-refractivity contribution is 6.32. The number of carbonyl (C=O) groups excluding carboxylic acids is 1. The van der Waals surface area contributed by atoms with Gasteiger partial charge in [-0.2, -0.15) is 0 Å². The van der Waals surface area contributed by atoms with Crippen molar-refractivity contribution >= 4 is 29.1 Å². The van der Waals surface area contributed by atoms with Crippen LogP contribution in [-0.2, 0) is 6.54 Å². The third-order valence-electron chi connectivity index (χ3n) is 3.64. The van der Waals surface area contributed by atoms with Crippen molar-refractivity contribution in [3.8, 4) is 11.5 Å². The average Bonchev–Trinajstić information content (AvgIpc) is 2.61. The number of nitrogens with zero attached hydrogens (tertiary/aromatic N) is 1. The number of halogens is 2. The Morgan fingerprint density at radius 1 is 1.16 bits per heavy atom. The maximum absolute atomic E-state index is 12.7. The number of hydrogen-bond acceptors (Lipinski definition) is 3. The molecule has 0 bridgehead atoms. The van der Waals surface area contributed by atoms with E-state index in [4.69, 9.17) is 32.7 Å². The average molecular weight is 382 g/mol. The summed E-state index contributed by atoms with van der Waals surface area (Å²) >= 11 is 12.5. The Bertz CT molecular complexity index is 749. The van der Waals surface area contributed by atoms with E-state index in [1.165, 1.54) is 7.11 Å². The molecule has 0 heterocycles. The number of amides is 1. The molecule has 0 saturated heterocycles. The SMILES string of the molecule is CCCOc1c(Cl)cc(C(=O)N(C)Cc2ccccc2Cl)cc1OC. The van der Waals surface area contributed by atoms with E-state index in [2.05, 4.69) is 0 Å². The van der Waals surface area contributed by atoms with Gasteiger partial charge in [0.25, 0.3) is 5.91 Å². The zero-order valence-electron chi connectivity index (χ0n) is 14.5. The fourth-order valence-electron chi connectivity index (χ4n) is 2.36. The molecule has 0 saturated carbocycles. The highest BCUT2D eigenvalue weighted by Gasteiger charge is 2.19. The minimum atomic E-state index is -0.179. The predicted octanol–water partition coefficient (Wildman–Crippen LogP) is 5.06. The molecule has 0 aromatic heterocycles. The molecule has 0 radical (unpaired) electrons. The molecule has 0 unspecified atom stereocenters. The lowest BCUT2D eigenvalue weighted by Crippen LogP contribution is -2.26. The van der Waals surface area contributed by atoms with Gasteiger partial charge in [-0.15, -0.1) is 0 Å². The Hall–Kier alpha value is -1.91. The summed E-state index contributed by atoms with van der Waals surface area (Å²) in [6.07, 6.45) is 0.848. The number of ether oxygens (including phenoxy) is 2. The van der Waals surface area contributed by atoms with Crippen LogP contribution in [0.15, 0.2) is 36.4 Å². The van der Waals surface area contributed by atoms with Gasteiger partial charge in [-0.05, 0) is 30.2 Å². The maximum atomic E-state index is 12.7.